The van der Waals surface area contributed by atoms with E-state index in [0.29, 0.717) is 16.8 Å². The maximum absolute atomic E-state index is 12.5. The molecule has 0 aromatic heterocycles. The predicted octanol–water partition coefficient (Wildman–Crippen LogP) is 0.827. The fraction of sp³-hybridized carbons (Fsp3) is 0.118. The second kappa shape index (κ2) is 7.80. The molecular weight excluding hydrogens is 394 g/mol. The maximum atomic E-state index is 12.5. The molecule has 0 spiro atoms. The van der Waals surface area contributed by atoms with Gasteiger partial charge in [0.25, 0.3) is 5.91 Å². The first-order valence-electron chi connectivity index (χ1n) is 7.13. The van der Waals surface area contributed by atoms with E-state index >= 15 is 0 Å². The smallest absolute Gasteiger partial charge is 0.259 e. The lowest BCUT2D eigenvalue weighted by Crippen LogP contribution is -2.26. The fourth-order valence-electron chi connectivity index (χ4n) is 2.09. The third-order valence-electron chi connectivity index (χ3n) is 3.15. The Balaban J connectivity index is 2.39. The second-order valence-electron chi connectivity index (χ2n) is 4.90. The molecule has 2 rings (SSSR count). The van der Waals surface area contributed by atoms with Gasteiger partial charge in [0.2, 0.25) is 0 Å². The summed E-state index contributed by atoms with van der Waals surface area (Å²) in [5.74, 6) is -3.41. The van der Waals surface area contributed by atoms with Gasteiger partial charge in [-0.15, -0.1) is 0 Å². The Morgan fingerprint density at radius 3 is 2.16 bits per heavy atom. The Bertz CT molecular complexity index is 817. The number of carboxylic acids is 2. The zero-order valence-corrected chi connectivity index (χ0v) is 14.6. The summed E-state index contributed by atoms with van der Waals surface area (Å²) in [6, 6.07) is 7.92. The Hall–Kier alpha value is -2.87. The molecule has 0 unspecified atom stereocenters. The van der Waals surface area contributed by atoms with E-state index < -0.39 is 29.0 Å². The highest BCUT2D eigenvalue weighted by Gasteiger charge is 2.14. The first-order chi connectivity index (χ1) is 11.8. The molecule has 0 atom stereocenters. The lowest BCUT2D eigenvalue weighted by atomic mass is 10.1. The summed E-state index contributed by atoms with van der Waals surface area (Å²) >= 11 is 3.26. The fourth-order valence-corrected chi connectivity index (χ4v) is 2.46. The van der Waals surface area contributed by atoms with Crippen molar-refractivity contribution >= 4 is 39.5 Å². The Labute approximate surface area is 151 Å². The van der Waals surface area contributed by atoms with Gasteiger partial charge < -0.3 is 29.9 Å². The third-order valence-corrected chi connectivity index (χ3v) is 3.64. The van der Waals surface area contributed by atoms with Crippen molar-refractivity contribution in [1.29, 1.82) is 0 Å². The number of carboxylic acid groups (broad SMARTS) is 2. The first kappa shape index (κ1) is 18.5. The first-order valence-corrected chi connectivity index (χ1v) is 7.92. The summed E-state index contributed by atoms with van der Waals surface area (Å²) in [5, 5.41) is 24.5. The van der Waals surface area contributed by atoms with E-state index in [1.807, 2.05) is 0 Å². The number of halogens is 1. The largest absolute Gasteiger partial charge is 0.545 e. The highest BCUT2D eigenvalue weighted by Crippen LogP contribution is 2.25. The average Bonchev–Trinajstić information content (AvgIpc) is 2.56. The van der Waals surface area contributed by atoms with Crippen molar-refractivity contribution in [2.24, 2.45) is 0 Å². The highest BCUT2D eigenvalue weighted by molar-refractivity contribution is 9.10. The summed E-state index contributed by atoms with van der Waals surface area (Å²) < 4.78 is 6.02. The van der Waals surface area contributed by atoms with Crippen molar-refractivity contribution < 1.29 is 29.3 Å². The van der Waals surface area contributed by atoms with E-state index in [0.717, 1.165) is 18.2 Å². The van der Waals surface area contributed by atoms with Crippen LogP contribution in [-0.4, -0.2) is 24.5 Å². The van der Waals surface area contributed by atoms with Crippen LogP contribution >= 0.6 is 15.9 Å². The quantitative estimate of drug-likeness (QED) is 0.759. The Morgan fingerprint density at radius 1 is 1.04 bits per heavy atom. The molecule has 0 saturated heterocycles. The van der Waals surface area contributed by atoms with E-state index in [4.69, 9.17) is 4.74 Å². The van der Waals surface area contributed by atoms with Gasteiger partial charge in [-0.2, -0.15) is 0 Å². The number of carbonyl (C=O) groups is 3. The monoisotopic (exact) mass is 405 g/mol. The number of benzene rings is 2. The third kappa shape index (κ3) is 4.57. The molecule has 2 aromatic carbocycles. The van der Waals surface area contributed by atoms with Gasteiger partial charge in [-0.25, -0.2) is 0 Å². The van der Waals surface area contributed by atoms with Crippen LogP contribution in [0.4, 0.5) is 5.69 Å². The average molecular weight is 406 g/mol. The molecule has 0 heterocycles. The van der Waals surface area contributed by atoms with Crippen molar-refractivity contribution in [3.05, 3.63) is 57.6 Å². The molecule has 1 N–H and O–H groups in total. The summed E-state index contributed by atoms with van der Waals surface area (Å²) in [6.45, 7) is 2.11. The van der Waals surface area contributed by atoms with Crippen LogP contribution in [0.2, 0.25) is 0 Å². The lowest BCUT2D eigenvalue weighted by molar-refractivity contribution is -0.255. The number of aromatic carboxylic acids is 2. The minimum absolute atomic E-state index is 0.0201. The zero-order valence-electron chi connectivity index (χ0n) is 13.0. The molecule has 25 heavy (non-hydrogen) atoms. The normalized spacial score (nSPS) is 10.2. The second-order valence-corrected chi connectivity index (χ2v) is 5.82. The van der Waals surface area contributed by atoms with Gasteiger partial charge in [0.15, 0.2) is 0 Å². The zero-order chi connectivity index (χ0) is 18.6. The Kier molecular flexibility index (Phi) is 5.76. The minimum atomic E-state index is -1.57. The van der Waals surface area contributed by atoms with E-state index in [2.05, 4.69) is 21.2 Å². The van der Waals surface area contributed by atoms with Gasteiger partial charge >= 0.3 is 0 Å². The number of hydrogen-bond donors (Lipinski definition) is 1. The number of rotatable bonds is 6. The molecule has 2 aromatic rings. The van der Waals surface area contributed by atoms with Crippen LogP contribution in [0.3, 0.4) is 0 Å². The van der Waals surface area contributed by atoms with E-state index in [1.54, 1.807) is 19.1 Å². The van der Waals surface area contributed by atoms with Gasteiger partial charge in [-0.1, -0.05) is 15.9 Å². The number of anilines is 1. The van der Waals surface area contributed by atoms with Crippen LogP contribution < -0.4 is 20.3 Å². The van der Waals surface area contributed by atoms with Gasteiger partial charge in [-0.05, 0) is 54.4 Å². The van der Waals surface area contributed by atoms with Crippen molar-refractivity contribution in [1.82, 2.24) is 0 Å². The predicted molar refractivity (Wildman–Crippen MR) is 88.4 cm³/mol. The van der Waals surface area contributed by atoms with Gasteiger partial charge in [-0.3, -0.25) is 4.79 Å². The molecule has 130 valence electrons. The molecule has 0 bridgehead atoms. The summed E-state index contributed by atoms with van der Waals surface area (Å²) in [6.07, 6.45) is 0. The minimum Gasteiger partial charge on any atom is -0.545 e. The number of amides is 1. The van der Waals surface area contributed by atoms with Crippen molar-refractivity contribution in [2.75, 3.05) is 11.9 Å². The number of carbonyl (C=O) groups excluding carboxylic acids is 3. The highest BCUT2D eigenvalue weighted by atomic mass is 79.9. The van der Waals surface area contributed by atoms with Gasteiger partial charge in [0, 0.05) is 10.2 Å². The molecule has 1 amide bonds. The van der Waals surface area contributed by atoms with Crippen LogP contribution in [0.15, 0.2) is 40.9 Å². The Morgan fingerprint density at radius 2 is 1.64 bits per heavy atom. The van der Waals surface area contributed by atoms with Crippen LogP contribution in [0.5, 0.6) is 5.75 Å². The van der Waals surface area contributed by atoms with Crippen molar-refractivity contribution in [2.45, 2.75) is 6.92 Å². The van der Waals surface area contributed by atoms with Crippen LogP contribution in [0.25, 0.3) is 0 Å². The van der Waals surface area contributed by atoms with Crippen LogP contribution in [0, 0.1) is 0 Å². The molecule has 0 aliphatic heterocycles. The van der Waals surface area contributed by atoms with Gasteiger partial charge in [0.1, 0.15) is 5.75 Å². The van der Waals surface area contributed by atoms with Crippen molar-refractivity contribution in [3.63, 3.8) is 0 Å². The van der Waals surface area contributed by atoms with Gasteiger partial charge in [0.05, 0.1) is 24.1 Å². The number of ether oxygens (including phenoxy) is 1. The van der Waals surface area contributed by atoms with E-state index in [9.17, 15) is 24.6 Å². The molecule has 0 aliphatic rings. The maximum Gasteiger partial charge on any atom is 0.259 e. The summed E-state index contributed by atoms with van der Waals surface area (Å²) in [7, 11) is 0. The van der Waals surface area contributed by atoms with Crippen LogP contribution in [0.1, 0.15) is 38.0 Å². The standard InChI is InChI=1S/C17H14BrNO6/c1-2-25-14-4-3-11(18)8-13(14)15(20)19-12-6-9(16(21)22)5-10(7-12)17(23)24/h3-8H,2H2,1H3,(H,19,20)(H,21,22)(H,23,24)/p-2. The SMILES string of the molecule is CCOc1ccc(Br)cc1C(=O)Nc1cc(C(=O)[O-])cc(C(=O)[O-])c1. The van der Waals surface area contributed by atoms with Crippen LogP contribution in [-0.2, 0) is 0 Å². The molecule has 8 heteroatoms. The number of nitrogens with one attached hydrogen (secondary N) is 1. The molecule has 0 radical (unpaired) electrons. The molecule has 7 nitrogen and oxygen atoms in total. The van der Waals surface area contributed by atoms with Crippen molar-refractivity contribution in [3.8, 4) is 5.75 Å². The molecular formula is C17H12BrNO6-2. The molecule has 0 fully saturated rings. The lowest BCUT2D eigenvalue weighted by Gasteiger charge is -2.14. The topological polar surface area (TPSA) is 119 Å². The number of hydrogen-bond acceptors (Lipinski definition) is 6. The van der Waals surface area contributed by atoms with E-state index in [-0.39, 0.29) is 11.3 Å². The summed E-state index contributed by atoms with van der Waals surface area (Å²) in [4.78, 5) is 34.5. The summed E-state index contributed by atoms with van der Waals surface area (Å²) in [5.41, 5.74) is -0.606. The van der Waals surface area contributed by atoms with E-state index in [1.165, 1.54) is 6.07 Å². The molecule has 0 saturated carbocycles. The molecule has 0 aliphatic carbocycles.